The van der Waals surface area contributed by atoms with E-state index in [0.717, 1.165) is 23.8 Å². The van der Waals surface area contributed by atoms with Crippen molar-refractivity contribution < 1.29 is 36.2 Å². The standard InChI is InChI=1S/C22H25F5N4O3/c1-21(2,3)34-20(32)29-15-7-17(31-9-11-8-28-30-16(11)10-31)19(22(25,26)27)33-18(15)13-6-12(23)4-5-14(13)24/h4-6,8,15,17-19H,7,9-10H2,1-3H3,(H,28,30)(H,29,32). The topological polar surface area (TPSA) is 79.5 Å². The van der Waals surface area contributed by atoms with Crippen LogP contribution in [0.4, 0.5) is 26.7 Å². The number of hydrogen-bond donors (Lipinski definition) is 2. The number of aromatic amines is 1. The number of amides is 1. The van der Waals surface area contributed by atoms with Gasteiger partial charge < -0.3 is 14.8 Å². The predicted octanol–water partition coefficient (Wildman–Crippen LogP) is 4.36. The molecule has 186 valence electrons. The van der Waals surface area contributed by atoms with Gasteiger partial charge in [0, 0.05) is 30.3 Å². The molecule has 2 aliphatic rings. The average molecular weight is 488 g/mol. The second-order valence-corrected chi connectivity index (χ2v) is 9.52. The number of rotatable bonds is 3. The fraction of sp³-hybridized carbons (Fsp3) is 0.545. The Bertz CT molecular complexity index is 1030. The summed E-state index contributed by atoms with van der Waals surface area (Å²) in [5, 5.41) is 9.18. The quantitative estimate of drug-likeness (QED) is 0.628. The first-order chi connectivity index (χ1) is 15.8. The van der Waals surface area contributed by atoms with Gasteiger partial charge in [0.15, 0.2) is 6.10 Å². The normalized spacial score (nSPS) is 25.8. The number of nitrogens with one attached hydrogen (secondary N) is 2. The lowest BCUT2D eigenvalue weighted by Gasteiger charge is -2.45. The molecule has 0 bridgehead atoms. The molecule has 3 heterocycles. The summed E-state index contributed by atoms with van der Waals surface area (Å²) in [6, 6.07) is 0.130. The van der Waals surface area contributed by atoms with E-state index in [0.29, 0.717) is 5.69 Å². The van der Waals surface area contributed by atoms with Crippen molar-refractivity contribution in [3.8, 4) is 0 Å². The number of carbonyl (C=O) groups is 1. The lowest BCUT2D eigenvalue weighted by Crippen LogP contribution is -2.59. The second-order valence-electron chi connectivity index (χ2n) is 9.52. The van der Waals surface area contributed by atoms with E-state index in [9.17, 15) is 26.7 Å². The maximum Gasteiger partial charge on any atom is 0.416 e. The molecule has 1 saturated heterocycles. The minimum Gasteiger partial charge on any atom is -0.444 e. The van der Waals surface area contributed by atoms with Crippen molar-refractivity contribution in [2.24, 2.45) is 0 Å². The highest BCUT2D eigenvalue weighted by Gasteiger charge is 2.55. The number of alkyl carbamates (subject to hydrolysis) is 1. The summed E-state index contributed by atoms with van der Waals surface area (Å²) in [6.07, 6.45) is -8.27. The summed E-state index contributed by atoms with van der Waals surface area (Å²) >= 11 is 0. The van der Waals surface area contributed by atoms with Crippen LogP contribution in [0.5, 0.6) is 0 Å². The molecule has 1 aromatic carbocycles. The van der Waals surface area contributed by atoms with Gasteiger partial charge in [-0.2, -0.15) is 18.3 Å². The molecule has 0 saturated carbocycles. The van der Waals surface area contributed by atoms with Gasteiger partial charge in [-0.3, -0.25) is 10.00 Å². The molecule has 4 unspecified atom stereocenters. The second kappa shape index (κ2) is 8.81. The Morgan fingerprint density at radius 1 is 1.24 bits per heavy atom. The number of benzene rings is 1. The molecule has 0 aliphatic carbocycles. The third kappa shape index (κ3) is 5.17. The molecule has 2 N–H and O–H groups in total. The minimum absolute atomic E-state index is 0.175. The zero-order valence-corrected chi connectivity index (χ0v) is 18.7. The summed E-state index contributed by atoms with van der Waals surface area (Å²) in [5.41, 5.74) is 0.161. The molecule has 2 aromatic rings. The largest absolute Gasteiger partial charge is 0.444 e. The molecule has 1 amide bonds. The van der Waals surface area contributed by atoms with Crippen molar-refractivity contribution in [2.45, 2.75) is 76.4 Å². The smallest absolute Gasteiger partial charge is 0.416 e. The van der Waals surface area contributed by atoms with Gasteiger partial charge in [0.05, 0.1) is 17.9 Å². The van der Waals surface area contributed by atoms with E-state index in [2.05, 4.69) is 15.5 Å². The summed E-state index contributed by atoms with van der Waals surface area (Å²) in [4.78, 5) is 14.1. The van der Waals surface area contributed by atoms with E-state index in [-0.39, 0.29) is 19.5 Å². The van der Waals surface area contributed by atoms with Gasteiger partial charge in [-0.25, -0.2) is 13.6 Å². The highest BCUT2D eigenvalue weighted by molar-refractivity contribution is 5.68. The fourth-order valence-electron chi connectivity index (χ4n) is 4.43. The SMILES string of the molecule is CC(C)(C)OC(=O)NC1CC(N2Cc3cn[nH]c3C2)C(C(F)(F)F)OC1c1cc(F)ccc1F. The van der Waals surface area contributed by atoms with E-state index in [1.165, 1.54) is 0 Å². The van der Waals surface area contributed by atoms with Crippen LogP contribution in [0.3, 0.4) is 0 Å². The van der Waals surface area contributed by atoms with Gasteiger partial charge in [-0.05, 0) is 45.4 Å². The van der Waals surface area contributed by atoms with E-state index in [1.54, 1.807) is 31.9 Å². The van der Waals surface area contributed by atoms with Crippen LogP contribution < -0.4 is 5.32 Å². The molecule has 4 atom stereocenters. The van der Waals surface area contributed by atoms with Crippen molar-refractivity contribution in [3.63, 3.8) is 0 Å². The van der Waals surface area contributed by atoms with E-state index in [4.69, 9.17) is 9.47 Å². The van der Waals surface area contributed by atoms with Gasteiger partial charge in [0.2, 0.25) is 0 Å². The van der Waals surface area contributed by atoms with Gasteiger partial charge in [0.25, 0.3) is 0 Å². The average Bonchev–Trinajstić information content (AvgIpc) is 3.29. The number of alkyl halides is 3. The number of H-pyrrole nitrogens is 1. The summed E-state index contributed by atoms with van der Waals surface area (Å²) < 4.78 is 81.6. The number of hydrogen-bond acceptors (Lipinski definition) is 5. The third-order valence-electron chi connectivity index (χ3n) is 5.80. The van der Waals surface area contributed by atoms with Crippen LogP contribution in [0.25, 0.3) is 0 Å². The maximum atomic E-state index is 14.6. The molecular weight excluding hydrogens is 463 g/mol. The number of carbonyl (C=O) groups excluding carboxylic acids is 1. The molecule has 7 nitrogen and oxygen atoms in total. The Kier molecular flexibility index (Phi) is 6.32. The molecule has 1 fully saturated rings. The van der Waals surface area contributed by atoms with Crippen molar-refractivity contribution in [2.75, 3.05) is 0 Å². The van der Waals surface area contributed by atoms with Gasteiger partial charge in [-0.1, -0.05) is 0 Å². The Labute approximate surface area is 192 Å². The summed E-state index contributed by atoms with van der Waals surface area (Å²) in [7, 11) is 0. The number of halogens is 5. The zero-order valence-electron chi connectivity index (χ0n) is 18.7. The Balaban J connectivity index is 1.68. The first-order valence-corrected chi connectivity index (χ1v) is 10.7. The third-order valence-corrected chi connectivity index (χ3v) is 5.80. The molecule has 12 heteroatoms. The van der Waals surface area contributed by atoms with Gasteiger partial charge >= 0.3 is 12.3 Å². The van der Waals surface area contributed by atoms with Crippen LogP contribution >= 0.6 is 0 Å². The Hall–Kier alpha value is -2.73. The number of ether oxygens (including phenoxy) is 2. The van der Waals surface area contributed by atoms with Crippen LogP contribution in [0, 0.1) is 11.6 Å². The first-order valence-electron chi connectivity index (χ1n) is 10.7. The van der Waals surface area contributed by atoms with Crippen LogP contribution in [-0.4, -0.2) is 51.2 Å². The minimum atomic E-state index is -4.79. The van der Waals surface area contributed by atoms with Crippen LogP contribution in [0.15, 0.2) is 24.4 Å². The predicted molar refractivity (Wildman–Crippen MR) is 109 cm³/mol. The fourth-order valence-corrected chi connectivity index (χ4v) is 4.43. The zero-order chi connectivity index (χ0) is 24.8. The van der Waals surface area contributed by atoms with Crippen molar-refractivity contribution in [1.82, 2.24) is 20.4 Å². The van der Waals surface area contributed by atoms with E-state index in [1.807, 2.05) is 0 Å². The molecule has 34 heavy (non-hydrogen) atoms. The highest BCUT2D eigenvalue weighted by Crippen LogP contribution is 2.43. The summed E-state index contributed by atoms with van der Waals surface area (Å²) in [6.45, 7) is 5.26. The van der Waals surface area contributed by atoms with Crippen LogP contribution in [-0.2, 0) is 22.6 Å². The van der Waals surface area contributed by atoms with E-state index < -0.39 is 59.4 Å². The van der Waals surface area contributed by atoms with Crippen molar-refractivity contribution >= 4 is 6.09 Å². The highest BCUT2D eigenvalue weighted by atomic mass is 19.4. The van der Waals surface area contributed by atoms with Crippen LogP contribution in [0.2, 0.25) is 0 Å². The van der Waals surface area contributed by atoms with Gasteiger partial charge in [-0.15, -0.1) is 0 Å². The Morgan fingerprint density at radius 3 is 2.62 bits per heavy atom. The molecule has 0 spiro atoms. The van der Waals surface area contributed by atoms with Gasteiger partial charge in [0.1, 0.15) is 23.3 Å². The van der Waals surface area contributed by atoms with Crippen molar-refractivity contribution in [1.29, 1.82) is 0 Å². The first kappa shape index (κ1) is 24.4. The lowest BCUT2D eigenvalue weighted by atomic mass is 9.88. The number of aromatic nitrogens is 2. The van der Waals surface area contributed by atoms with E-state index >= 15 is 0 Å². The monoisotopic (exact) mass is 488 g/mol. The number of fused-ring (bicyclic) bond motifs is 1. The molecule has 1 aromatic heterocycles. The lowest BCUT2D eigenvalue weighted by molar-refractivity contribution is -0.270. The Morgan fingerprint density at radius 2 is 1.97 bits per heavy atom. The molecule has 0 radical (unpaired) electrons. The summed E-state index contributed by atoms with van der Waals surface area (Å²) in [5.74, 6) is -1.78. The maximum absolute atomic E-state index is 14.6. The molecular formula is C22H25F5N4O3. The molecule has 2 aliphatic heterocycles. The van der Waals surface area contributed by atoms with Crippen molar-refractivity contribution in [3.05, 3.63) is 52.9 Å². The molecule has 4 rings (SSSR count). The number of nitrogens with zero attached hydrogens (tertiary/aromatic N) is 2. The van der Waals surface area contributed by atoms with Crippen LogP contribution in [0.1, 0.15) is 50.1 Å².